The first-order valence-electron chi connectivity index (χ1n) is 9.17. The van der Waals surface area contributed by atoms with Gasteiger partial charge in [0.15, 0.2) is 0 Å². The molecule has 0 bridgehead atoms. The highest BCUT2D eigenvalue weighted by Gasteiger charge is 2.27. The normalized spacial score (nSPS) is 15.3. The largest absolute Gasteiger partial charge is 0.486 e. The molecule has 8 heteroatoms. The van der Waals surface area contributed by atoms with Gasteiger partial charge in [-0.15, -0.1) is 0 Å². The van der Waals surface area contributed by atoms with Crippen molar-refractivity contribution in [1.82, 2.24) is 20.7 Å². The number of aryl methyl sites for hydroxylation is 2. The Hall–Kier alpha value is -3.19. The number of hydrogen-bond donors (Lipinski definition) is 1. The molecule has 1 unspecified atom stereocenters. The van der Waals surface area contributed by atoms with E-state index in [4.69, 9.17) is 20.9 Å². The zero-order valence-corrected chi connectivity index (χ0v) is 16.7. The number of benzene rings is 1. The lowest BCUT2D eigenvalue weighted by Crippen LogP contribution is -2.33. The van der Waals surface area contributed by atoms with Gasteiger partial charge in [-0.2, -0.15) is 10.2 Å². The van der Waals surface area contributed by atoms with E-state index in [0.29, 0.717) is 29.4 Å². The summed E-state index contributed by atoms with van der Waals surface area (Å²) in [4.78, 5) is 12.1. The minimum absolute atomic E-state index is 0.184. The third-order valence-corrected chi connectivity index (χ3v) is 4.96. The van der Waals surface area contributed by atoms with Gasteiger partial charge in [0.2, 0.25) is 5.91 Å². The Morgan fingerprint density at radius 1 is 1.38 bits per heavy atom. The highest BCUT2D eigenvalue weighted by molar-refractivity contribution is 6.32. The zero-order valence-electron chi connectivity index (χ0n) is 16.0. The molecule has 3 heterocycles. The number of ether oxygens (including phenoxy) is 1. The van der Waals surface area contributed by atoms with Crippen LogP contribution in [-0.2, 0) is 11.2 Å². The number of amides is 1. The van der Waals surface area contributed by atoms with Crippen LogP contribution in [0.15, 0.2) is 41.1 Å². The second-order valence-electron chi connectivity index (χ2n) is 6.82. The Morgan fingerprint density at radius 3 is 2.97 bits per heavy atom. The average Bonchev–Trinajstić information content (AvgIpc) is 3.28. The van der Waals surface area contributed by atoms with Gasteiger partial charge in [0.05, 0.1) is 23.0 Å². The number of fused-ring (bicyclic) bond motifs is 1. The van der Waals surface area contributed by atoms with E-state index >= 15 is 0 Å². The van der Waals surface area contributed by atoms with Crippen molar-refractivity contribution >= 4 is 23.6 Å². The molecule has 0 saturated heterocycles. The number of rotatable bonds is 5. The van der Waals surface area contributed by atoms with E-state index in [0.717, 1.165) is 28.1 Å². The summed E-state index contributed by atoms with van der Waals surface area (Å²) in [6.07, 6.45) is 5.08. The molecule has 1 amide bonds. The van der Waals surface area contributed by atoms with Gasteiger partial charge in [-0.1, -0.05) is 16.8 Å². The van der Waals surface area contributed by atoms with E-state index in [9.17, 15) is 4.79 Å². The lowest BCUT2D eigenvalue weighted by molar-refractivity contribution is -0.116. The monoisotopic (exact) mass is 410 g/mol. The summed E-state index contributed by atoms with van der Waals surface area (Å²) in [7, 11) is 0. The molecule has 4 rings (SSSR count). The average molecular weight is 411 g/mol. The van der Waals surface area contributed by atoms with Crippen molar-refractivity contribution in [1.29, 1.82) is 0 Å². The lowest BCUT2D eigenvalue weighted by Gasteiger charge is -2.11. The summed E-state index contributed by atoms with van der Waals surface area (Å²) in [6.45, 7) is 4.14. The van der Waals surface area contributed by atoms with Crippen LogP contribution in [0, 0.1) is 13.8 Å². The molecule has 0 spiro atoms. The topological polar surface area (TPSA) is 90.1 Å². The molecule has 1 N–H and O–H groups in total. The van der Waals surface area contributed by atoms with Crippen LogP contribution < -0.4 is 10.1 Å². The van der Waals surface area contributed by atoms with Gasteiger partial charge in [0, 0.05) is 29.8 Å². The van der Waals surface area contributed by atoms with Crippen molar-refractivity contribution in [2.45, 2.75) is 26.4 Å². The van der Waals surface area contributed by atoms with E-state index < -0.39 is 0 Å². The smallest absolute Gasteiger partial charge is 0.244 e. The minimum Gasteiger partial charge on any atom is -0.486 e. The second kappa shape index (κ2) is 8.05. The molecule has 2 aromatic heterocycles. The zero-order chi connectivity index (χ0) is 20.4. The third kappa shape index (κ3) is 4.14. The van der Waals surface area contributed by atoms with Crippen LogP contribution in [0.5, 0.6) is 5.75 Å². The molecular formula is C21H19ClN4O3. The van der Waals surface area contributed by atoms with Gasteiger partial charge in [-0.3, -0.25) is 4.79 Å². The Kier molecular flexibility index (Phi) is 5.31. The second-order valence-corrected chi connectivity index (χ2v) is 7.22. The van der Waals surface area contributed by atoms with Crippen molar-refractivity contribution < 1.29 is 14.1 Å². The van der Waals surface area contributed by atoms with Crippen molar-refractivity contribution in [2.75, 3.05) is 6.54 Å². The number of halogens is 1. The Morgan fingerprint density at radius 2 is 2.24 bits per heavy atom. The molecule has 29 heavy (non-hydrogen) atoms. The number of aromatic nitrogens is 3. The highest BCUT2D eigenvalue weighted by Crippen LogP contribution is 2.40. The van der Waals surface area contributed by atoms with Gasteiger partial charge >= 0.3 is 0 Å². The molecule has 1 aliphatic rings. The van der Waals surface area contributed by atoms with Crippen LogP contribution in [0.3, 0.4) is 0 Å². The molecule has 0 radical (unpaired) electrons. The molecule has 148 valence electrons. The molecule has 1 aliphatic heterocycles. The van der Waals surface area contributed by atoms with Gasteiger partial charge in [-0.25, -0.2) is 0 Å². The van der Waals surface area contributed by atoms with Crippen molar-refractivity contribution in [3.8, 4) is 16.9 Å². The molecule has 7 nitrogen and oxygen atoms in total. The summed E-state index contributed by atoms with van der Waals surface area (Å²) in [6, 6.07) is 7.43. The van der Waals surface area contributed by atoms with Crippen LogP contribution >= 0.6 is 11.6 Å². The number of nitrogens with one attached hydrogen (secondary N) is 1. The molecule has 0 saturated carbocycles. The molecule has 1 atom stereocenters. The molecule has 0 fully saturated rings. The summed E-state index contributed by atoms with van der Waals surface area (Å²) in [5.41, 5.74) is 4.33. The minimum atomic E-state index is -0.224. The van der Waals surface area contributed by atoms with Crippen LogP contribution in [0.2, 0.25) is 5.02 Å². The van der Waals surface area contributed by atoms with Crippen LogP contribution in [0.1, 0.15) is 22.7 Å². The fourth-order valence-corrected chi connectivity index (χ4v) is 3.66. The SMILES string of the molecule is Cc1noc(C)c1-c1cc(Cl)c2c(c1)CC(CNC(=O)/C=C/c1cccnn1)O2. The first-order valence-corrected chi connectivity index (χ1v) is 9.55. The van der Waals surface area contributed by atoms with E-state index in [1.807, 2.05) is 26.0 Å². The first-order chi connectivity index (χ1) is 14.0. The van der Waals surface area contributed by atoms with Crippen molar-refractivity contribution in [3.05, 3.63) is 64.3 Å². The van der Waals surface area contributed by atoms with E-state index in [1.54, 1.807) is 24.4 Å². The number of carbonyl (C=O) groups excluding carboxylic acids is 1. The maximum Gasteiger partial charge on any atom is 0.244 e. The number of nitrogens with zero attached hydrogens (tertiary/aromatic N) is 3. The predicted octanol–water partition coefficient (Wildman–Crippen LogP) is 3.53. The molecule has 3 aromatic rings. The third-order valence-electron chi connectivity index (χ3n) is 4.68. The lowest BCUT2D eigenvalue weighted by atomic mass is 10.00. The number of carbonyl (C=O) groups is 1. The Labute approximate surface area is 172 Å². The molecule has 1 aromatic carbocycles. The van der Waals surface area contributed by atoms with Gasteiger partial charge in [0.25, 0.3) is 0 Å². The van der Waals surface area contributed by atoms with Gasteiger partial charge in [-0.05, 0) is 49.8 Å². The van der Waals surface area contributed by atoms with Crippen LogP contribution in [0.4, 0.5) is 0 Å². The Balaban J connectivity index is 1.41. The van der Waals surface area contributed by atoms with Crippen molar-refractivity contribution in [2.24, 2.45) is 0 Å². The van der Waals surface area contributed by atoms with Gasteiger partial charge < -0.3 is 14.6 Å². The summed E-state index contributed by atoms with van der Waals surface area (Å²) in [5, 5.41) is 15.0. The standard InChI is InChI=1S/C21H19ClN4O3/c1-12-20(13(2)29-26-12)14-8-15-9-17(28-21(15)18(22)10-14)11-23-19(27)6-5-16-4-3-7-24-25-16/h3-8,10,17H,9,11H2,1-2H3,(H,23,27)/b6-5+. The van der Waals surface area contributed by atoms with Crippen molar-refractivity contribution in [3.63, 3.8) is 0 Å². The fourth-order valence-electron chi connectivity index (χ4n) is 3.38. The summed E-state index contributed by atoms with van der Waals surface area (Å²) >= 11 is 6.45. The quantitative estimate of drug-likeness (QED) is 0.647. The maximum absolute atomic E-state index is 12.1. The highest BCUT2D eigenvalue weighted by atomic mass is 35.5. The summed E-state index contributed by atoms with van der Waals surface area (Å²) in [5.74, 6) is 1.19. The maximum atomic E-state index is 12.1. The van der Waals surface area contributed by atoms with Crippen LogP contribution in [0.25, 0.3) is 17.2 Å². The summed E-state index contributed by atoms with van der Waals surface area (Å²) < 4.78 is 11.2. The Bertz CT molecular complexity index is 1060. The van der Waals surface area contributed by atoms with E-state index in [1.165, 1.54) is 6.08 Å². The first kappa shape index (κ1) is 19.1. The fraction of sp³-hybridized carbons (Fsp3) is 0.238. The van der Waals surface area contributed by atoms with E-state index in [-0.39, 0.29) is 12.0 Å². The molecule has 0 aliphatic carbocycles. The van der Waals surface area contributed by atoms with Crippen LogP contribution in [-0.4, -0.2) is 33.9 Å². The number of hydrogen-bond acceptors (Lipinski definition) is 6. The van der Waals surface area contributed by atoms with E-state index in [2.05, 4.69) is 20.7 Å². The predicted molar refractivity (Wildman–Crippen MR) is 109 cm³/mol. The van der Waals surface area contributed by atoms with Gasteiger partial charge in [0.1, 0.15) is 17.6 Å². The molecular weight excluding hydrogens is 392 g/mol.